The fourth-order valence-corrected chi connectivity index (χ4v) is 9.07. The van der Waals surface area contributed by atoms with Crippen molar-refractivity contribution in [1.29, 1.82) is 0 Å². The number of methoxy groups -OCH3 is 1. The third kappa shape index (κ3) is 5.51. The van der Waals surface area contributed by atoms with E-state index in [-0.39, 0.29) is 0 Å². The minimum atomic E-state index is -3.12. The predicted molar refractivity (Wildman–Crippen MR) is 149 cm³/mol. The smallest absolute Gasteiger partial charge is 0.185 e. The molecular formula is C30H33O3PSi. The summed E-state index contributed by atoms with van der Waals surface area (Å²) < 4.78 is 27.9. The summed E-state index contributed by atoms with van der Waals surface area (Å²) >= 11 is 0. The molecule has 0 aromatic heterocycles. The topological polar surface area (TPSA) is 35.5 Å². The molecule has 0 aliphatic rings. The Balaban J connectivity index is 2.01. The van der Waals surface area contributed by atoms with Gasteiger partial charge in [0, 0.05) is 16.8 Å². The second kappa shape index (κ2) is 10.4. The maximum Gasteiger partial charge on any atom is 0.185 e. The van der Waals surface area contributed by atoms with Crippen LogP contribution in [0.1, 0.15) is 11.1 Å². The Morgan fingerprint density at radius 3 is 1.51 bits per heavy atom. The number of hydrogen-bond acceptors (Lipinski definition) is 3. The third-order valence-electron chi connectivity index (χ3n) is 6.07. The van der Waals surface area contributed by atoms with Gasteiger partial charge in [-0.2, -0.15) is 0 Å². The van der Waals surface area contributed by atoms with Crippen LogP contribution in [0.2, 0.25) is 19.6 Å². The summed E-state index contributed by atoms with van der Waals surface area (Å²) in [5.74, 6) is 0.776. The fourth-order valence-electron chi connectivity index (χ4n) is 4.57. The van der Waals surface area contributed by atoms with E-state index in [4.69, 9.17) is 9.16 Å². The summed E-state index contributed by atoms with van der Waals surface area (Å²) in [6, 6.07) is 37.9. The van der Waals surface area contributed by atoms with Crippen LogP contribution in [0.5, 0.6) is 5.75 Å². The highest BCUT2D eigenvalue weighted by Crippen LogP contribution is 2.53. The van der Waals surface area contributed by atoms with Crippen molar-refractivity contribution in [3.63, 3.8) is 0 Å². The maximum atomic E-state index is 15.3. The predicted octanol–water partition coefficient (Wildman–Crippen LogP) is 6.80. The lowest BCUT2D eigenvalue weighted by molar-refractivity contribution is 0.127. The van der Waals surface area contributed by atoms with Crippen LogP contribution in [0, 0.1) is 0 Å². The summed E-state index contributed by atoms with van der Waals surface area (Å²) in [5.41, 5.74) is 1.07. The Labute approximate surface area is 210 Å². The second-order valence-corrected chi connectivity index (χ2v) is 17.0. The molecular weight excluding hydrogens is 467 g/mol. The first kappa shape index (κ1) is 25.2. The Bertz CT molecular complexity index is 1230. The molecule has 180 valence electrons. The van der Waals surface area contributed by atoms with E-state index in [0.29, 0.717) is 6.16 Å². The first-order valence-electron chi connectivity index (χ1n) is 11.9. The lowest BCUT2D eigenvalue weighted by Gasteiger charge is -2.42. The van der Waals surface area contributed by atoms with Gasteiger partial charge in [0.05, 0.1) is 7.11 Å². The zero-order valence-electron chi connectivity index (χ0n) is 20.8. The number of rotatable bonds is 9. The quantitative estimate of drug-likeness (QED) is 0.187. The zero-order valence-corrected chi connectivity index (χ0v) is 22.7. The number of ether oxygens (including phenoxy) is 1. The molecule has 3 nitrogen and oxygen atoms in total. The van der Waals surface area contributed by atoms with E-state index in [1.165, 1.54) is 0 Å². The summed E-state index contributed by atoms with van der Waals surface area (Å²) in [4.78, 5) is 0. The molecule has 5 heteroatoms. The highest BCUT2D eigenvalue weighted by molar-refractivity contribution is 7.78. The molecule has 0 spiro atoms. The van der Waals surface area contributed by atoms with E-state index < -0.39 is 21.1 Å². The zero-order chi connectivity index (χ0) is 24.9. The van der Waals surface area contributed by atoms with Gasteiger partial charge in [-0.25, -0.2) is 0 Å². The van der Waals surface area contributed by atoms with Crippen molar-refractivity contribution in [2.45, 2.75) is 25.2 Å². The molecule has 0 aliphatic carbocycles. The fraction of sp³-hybridized carbons (Fsp3) is 0.200. The van der Waals surface area contributed by atoms with Gasteiger partial charge in [-0.1, -0.05) is 103 Å². The molecule has 0 heterocycles. The van der Waals surface area contributed by atoms with Gasteiger partial charge in [0.15, 0.2) is 8.32 Å². The van der Waals surface area contributed by atoms with Gasteiger partial charge >= 0.3 is 0 Å². The average Bonchev–Trinajstić information content (AvgIpc) is 2.89. The van der Waals surface area contributed by atoms with E-state index >= 15 is 4.57 Å². The molecule has 0 amide bonds. The van der Waals surface area contributed by atoms with Gasteiger partial charge in [-0.15, -0.1) is 0 Å². The van der Waals surface area contributed by atoms with Crippen molar-refractivity contribution in [1.82, 2.24) is 0 Å². The van der Waals surface area contributed by atoms with Crippen LogP contribution in [-0.4, -0.2) is 21.6 Å². The second-order valence-electron chi connectivity index (χ2n) is 9.70. The molecule has 4 rings (SSSR count). The molecule has 0 fully saturated rings. The van der Waals surface area contributed by atoms with Crippen molar-refractivity contribution in [3.05, 3.63) is 126 Å². The average molecular weight is 501 g/mol. The Morgan fingerprint density at radius 2 is 1.09 bits per heavy atom. The van der Waals surface area contributed by atoms with Crippen LogP contribution in [0.4, 0.5) is 0 Å². The van der Waals surface area contributed by atoms with Crippen LogP contribution >= 0.6 is 7.14 Å². The highest BCUT2D eigenvalue weighted by Gasteiger charge is 2.46. The first-order chi connectivity index (χ1) is 16.8. The van der Waals surface area contributed by atoms with Gasteiger partial charge in [-0.05, 0) is 42.9 Å². The van der Waals surface area contributed by atoms with E-state index in [1.54, 1.807) is 7.11 Å². The van der Waals surface area contributed by atoms with Crippen LogP contribution in [0.25, 0.3) is 0 Å². The van der Waals surface area contributed by atoms with Crippen LogP contribution < -0.4 is 15.3 Å². The lowest BCUT2D eigenvalue weighted by Crippen LogP contribution is -2.45. The van der Waals surface area contributed by atoms with Gasteiger partial charge in [0.25, 0.3) is 0 Å². The SMILES string of the molecule is COc1ccc(C(CP(=O)(c2ccccc2)c2ccccc2)(O[Si](C)(C)C)c2ccccc2)cc1. The van der Waals surface area contributed by atoms with Crippen LogP contribution in [0.15, 0.2) is 115 Å². The summed E-state index contributed by atoms with van der Waals surface area (Å²) in [5, 5.41) is 1.67. The molecule has 1 unspecified atom stereocenters. The molecule has 1 atom stereocenters. The summed E-state index contributed by atoms with van der Waals surface area (Å²) in [6.07, 6.45) is 0.314. The van der Waals surface area contributed by atoms with E-state index in [1.807, 2.05) is 103 Å². The largest absolute Gasteiger partial charge is 0.497 e. The summed E-state index contributed by atoms with van der Waals surface area (Å²) in [7, 11) is -3.59. The van der Waals surface area contributed by atoms with Crippen molar-refractivity contribution >= 4 is 26.1 Å². The third-order valence-corrected chi connectivity index (χ3v) is 10.2. The Kier molecular flexibility index (Phi) is 7.46. The van der Waals surface area contributed by atoms with Crippen molar-refractivity contribution in [3.8, 4) is 5.75 Å². The van der Waals surface area contributed by atoms with Gasteiger partial charge < -0.3 is 13.7 Å². The van der Waals surface area contributed by atoms with E-state index in [2.05, 4.69) is 31.8 Å². The molecule has 35 heavy (non-hydrogen) atoms. The molecule has 0 N–H and O–H groups in total. The minimum Gasteiger partial charge on any atom is -0.497 e. The van der Waals surface area contributed by atoms with Crippen molar-refractivity contribution in [2.75, 3.05) is 13.3 Å². The molecule has 4 aromatic rings. The number of benzene rings is 4. The lowest BCUT2D eigenvalue weighted by atomic mass is 9.88. The molecule has 0 aliphatic heterocycles. The monoisotopic (exact) mass is 500 g/mol. The van der Waals surface area contributed by atoms with Crippen molar-refractivity contribution in [2.24, 2.45) is 0 Å². The molecule has 0 radical (unpaired) electrons. The molecule has 0 bridgehead atoms. The molecule has 4 aromatic carbocycles. The van der Waals surface area contributed by atoms with Crippen LogP contribution in [-0.2, 0) is 14.6 Å². The Morgan fingerprint density at radius 1 is 0.657 bits per heavy atom. The van der Waals surface area contributed by atoms with Gasteiger partial charge in [-0.3, -0.25) is 0 Å². The normalized spacial score (nSPS) is 13.7. The standard InChI is InChI=1S/C30H33O3PSi/c1-32-27-22-20-26(21-23-27)30(33-35(2,3)4,25-14-8-5-9-15-25)24-34(31,28-16-10-6-11-17-28)29-18-12-7-13-19-29/h5-23H,24H2,1-4H3. The van der Waals surface area contributed by atoms with Gasteiger partial charge in [0.2, 0.25) is 0 Å². The molecule has 0 saturated heterocycles. The minimum absolute atomic E-state index is 0.314. The number of hydrogen-bond donors (Lipinski definition) is 0. The van der Waals surface area contributed by atoms with E-state index in [9.17, 15) is 0 Å². The maximum absolute atomic E-state index is 15.3. The molecule has 0 saturated carbocycles. The highest BCUT2D eigenvalue weighted by atomic mass is 31.2. The first-order valence-corrected chi connectivity index (χ1v) is 17.2. The van der Waals surface area contributed by atoms with Gasteiger partial charge in [0.1, 0.15) is 18.5 Å². The van der Waals surface area contributed by atoms with Crippen molar-refractivity contribution < 1.29 is 13.7 Å². The Hall–Kier alpha value is -2.91. The summed E-state index contributed by atoms with van der Waals surface area (Å²) in [6.45, 7) is 6.55. The van der Waals surface area contributed by atoms with Crippen LogP contribution in [0.3, 0.4) is 0 Å². The van der Waals surface area contributed by atoms with E-state index in [0.717, 1.165) is 27.5 Å².